The number of hydrogen-bond acceptors (Lipinski definition) is 5. The Morgan fingerprint density at radius 2 is 2.09 bits per heavy atom. The summed E-state index contributed by atoms with van der Waals surface area (Å²) in [6.07, 6.45) is 2.62. The first-order valence-electron chi connectivity index (χ1n) is 6.73. The Morgan fingerprint density at radius 1 is 1.36 bits per heavy atom. The normalized spacial score (nSPS) is 12.3. The molecule has 3 aromatic rings. The van der Waals surface area contributed by atoms with Crippen molar-refractivity contribution in [3.63, 3.8) is 0 Å². The van der Waals surface area contributed by atoms with Gasteiger partial charge in [0.15, 0.2) is 4.96 Å². The number of nitrogens with two attached hydrogens (primary N) is 1. The smallest absolute Gasteiger partial charge is 0.194 e. The summed E-state index contributed by atoms with van der Waals surface area (Å²) in [4.78, 5) is 6.81. The number of aliphatic hydroxyl groups is 1. The Balaban J connectivity index is 0.00000176. The molecule has 118 valence electrons. The van der Waals surface area contributed by atoms with Crippen molar-refractivity contribution >= 4 is 40.5 Å². The lowest BCUT2D eigenvalue weighted by atomic mass is 10.2. The second-order valence-electron chi connectivity index (χ2n) is 4.98. The molecular formula is C15H18ClN3OS2. The molecule has 0 saturated carbocycles. The van der Waals surface area contributed by atoms with E-state index in [1.807, 2.05) is 11.6 Å². The number of rotatable bonds is 5. The van der Waals surface area contributed by atoms with Gasteiger partial charge in [-0.2, -0.15) is 0 Å². The van der Waals surface area contributed by atoms with Crippen molar-refractivity contribution in [1.82, 2.24) is 9.38 Å². The molecule has 22 heavy (non-hydrogen) atoms. The first-order chi connectivity index (χ1) is 10.2. The number of imidazole rings is 1. The van der Waals surface area contributed by atoms with E-state index in [4.69, 9.17) is 5.73 Å². The molecular weight excluding hydrogens is 338 g/mol. The summed E-state index contributed by atoms with van der Waals surface area (Å²) in [6.45, 7) is 2.05. The minimum Gasteiger partial charge on any atom is -0.395 e. The van der Waals surface area contributed by atoms with Crippen LogP contribution in [0.4, 0.5) is 0 Å². The Morgan fingerprint density at radius 3 is 2.77 bits per heavy atom. The Labute approximate surface area is 143 Å². The second-order valence-corrected chi connectivity index (χ2v) is 6.92. The Bertz CT molecular complexity index is 739. The van der Waals surface area contributed by atoms with Crippen molar-refractivity contribution in [2.45, 2.75) is 29.3 Å². The predicted molar refractivity (Wildman–Crippen MR) is 94.4 cm³/mol. The molecule has 0 aliphatic carbocycles. The fourth-order valence-electron chi connectivity index (χ4n) is 2.11. The van der Waals surface area contributed by atoms with E-state index in [1.54, 1.807) is 23.1 Å². The van der Waals surface area contributed by atoms with E-state index in [0.717, 1.165) is 20.6 Å². The van der Waals surface area contributed by atoms with Crippen LogP contribution < -0.4 is 5.73 Å². The lowest BCUT2D eigenvalue weighted by Crippen LogP contribution is -2.27. The molecule has 0 amide bonds. The maximum Gasteiger partial charge on any atom is 0.194 e. The van der Waals surface area contributed by atoms with Crippen LogP contribution in [0, 0.1) is 6.92 Å². The molecule has 0 aliphatic rings. The third kappa shape index (κ3) is 3.64. The van der Waals surface area contributed by atoms with Crippen molar-refractivity contribution in [3.05, 3.63) is 47.1 Å². The molecule has 3 N–H and O–H groups in total. The zero-order valence-electron chi connectivity index (χ0n) is 12.1. The van der Waals surface area contributed by atoms with Crippen molar-refractivity contribution in [1.29, 1.82) is 0 Å². The molecule has 0 radical (unpaired) electrons. The number of aromatic nitrogens is 2. The molecule has 0 aliphatic heterocycles. The quantitative estimate of drug-likeness (QED) is 0.738. The number of thiazole rings is 1. The summed E-state index contributed by atoms with van der Waals surface area (Å²) in [5.41, 5.74) is 8.22. The average Bonchev–Trinajstić information content (AvgIpc) is 3.04. The van der Waals surface area contributed by atoms with Crippen LogP contribution in [0.5, 0.6) is 0 Å². The molecule has 0 fully saturated rings. The van der Waals surface area contributed by atoms with Gasteiger partial charge in [0.05, 0.1) is 12.3 Å². The summed E-state index contributed by atoms with van der Waals surface area (Å²) >= 11 is 3.25. The van der Waals surface area contributed by atoms with Crippen LogP contribution in [0.2, 0.25) is 0 Å². The van der Waals surface area contributed by atoms with E-state index in [9.17, 15) is 5.11 Å². The molecule has 1 unspecified atom stereocenters. The highest BCUT2D eigenvalue weighted by Crippen LogP contribution is 2.32. The van der Waals surface area contributed by atoms with Gasteiger partial charge in [0.1, 0.15) is 5.03 Å². The molecule has 1 atom stereocenters. The number of nitrogens with zero attached hydrogens (tertiary/aromatic N) is 2. The minimum absolute atomic E-state index is 0. The minimum atomic E-state index is -0.262. The van der Waals surface area contributed by atoms with Gasteiger partial charge in [-0.25, -0.2) is 4.98 Å². The summed E-state index contributed by atoms with van der Waals surface area (Å²) in [6, 6.07) is 8.13. The van der Waals surface area contributed by atoms with Crippen molar-refractivity contribution < 1.29 is 5.11 Å². The first-order valence-corrected chi connectivity index (χ1v) is 8.42. The van der Waals surface area contributed by atoms with Gasteiger partial charge in [0, 0.05) is 28.9 Å². The SMILES string of the molecule is Cc1ccc(Sc2nc3sccn3c2CC(N)CO)cc1.Cl. The van der Waals surface area contributed by atoms with Crippen LogP contribution in [0.25, 0.3) is 4.96 Å². The van der Waals surface area contributed by atoms with Crippen molar-refractivity contribution in [2.24, 2.45) is 5.73 Å². The van der Waals surface area contributed by atoms with Gasteiger partial charge in [-0.15, -0.1) is 23.7 Å². The lowest BCUT2D eigenvalue weighted by molar-refractivity contribution is 0.264. The van der Waals surface area contributed by atoms with E-state index < -0.39 is 0 Å². The molecule has 3 rings (SSSR count). The van der Waals surface area contributed by atoms with Gasteiger partial charge >= 0.3 is 0 Å². The third-order valence-corrected chi connectivity index (χ3v) is 5.03. The van der Waals surface area contributed by atoms with Crippen LogP contribution >= 0.6 is 35.5 Å². The number of fused-ring (bicyclic) bond motifs is 1. The zero-order valence-corrected chi connectivity index (χ0v) is 14.5. The van der Waals surface area contributed by atoms with Gasteiger partial charge in [0.25, 0.3) is 0 Å². The van der Waals surface area contributed by atoms with Gasteiger partial charge in [-0.1, -0.05) is 29.5 Å². The average molecular weight is 356 g/mol. The summed E-state index contributed by atoms with van der Waals surface area (Å²) in [5.74, 6) is 0. The third-order valence-electron chi connectivity index (χ3n) is 3.25. The van der Waals surface area contributed by atoms with Crippen molar-refractivity contribution in [2.75, 3.05) is 6.61 Å². The number of benzene rings is 1. The number of aryl methyl sites for hydroxylation is 1. The van der Waals surface area contributed by atoms with Crippen molar-refractivity contribution in [3.8, 4) is 0 Å². The highest BCUT2D eigenvalue weighted by molar-refractivity contribution is 7.99. The fourth-order valence-corrected chi connectivity index (χ4v) is 3.83. The molecule has 0 bridgehead atoms. The molecule has 0 saturated heterocycles. The fraction of sp³-hybridized carbons (Fsp3) is 0.267. The maximum atomic E-state index is 9.21. The van der Waals surface area contributed by atoms with E-state index in [1.165, 1.54) is 5.56 Å². The number of halogens is 1. The highest BCUT2D eigenvalue weighted by atomic mass is 35.5. The van der Waals surface area contributed by atoms with Gasteiger partial charge < -0.3 is 10.8 Å². The molecule has 7 heteroatoms. The van der Waals surface area contributed by atoms with E-state index in [-0.39, 0.29) is 25.1 Å². The lowest BCUT2D eigenvalue weighted by Gasteiger charge is -2.09. The number of hydrogen-bond donors (Lipinski definition) is 2. The van der Waals surface area contributed by atoms with E-state index >= 15 is 0 Å². The van der Waals surface area contributed by atoms with Crippen LogP contribution in [0.15, 0.2) is 45.8 Å². The van der Waals surface area contributed by atoms with Gasteiger partial charge in [0.2, 0.25) is 0 Å². The van der Waals surface area contributed by atoms with Crippen LogP contribution in [-0.2, 0) is 6.42 Å². The van der Waals surface area contributed by atoms with E-state index in [2.05, 4.69) is 40.6 Å². The predicted octanol–water partition coefficient (Wildman–Crippen LogP) is 3.14. The Kier molecular flexibility index (Phi) is 5.88. The highest BCUT2D eigenvalue weighted by Gasteiger charge is 2.16. The monoisotopic (exact) mass is 355 g/mol. The first kappa shape index (κ1) is 17.3. The van der Waals surface area contributed by atoms with E-state index in [0.29, 0.717) is 6.42 Å². The molecule has 4 nitrogen and oxygen atoms in total. The molecule has 2 heterocycles. The topological polar surface area (TPSA) is 63.5 Å². The second kappa shape index (κ2) is 7.48. The van der Waals surface area contributed by atoms with Gasteiger partial charge in [-0.3, -0.25) is 4.40 Å². The zero-order chi connectivity index (χ0) is 14.8. The molecule has 1 aromatic carbocycles. The summed E-state index contributed by atoms with van der Waals surface area (Å²) in [5, 5.41) is 12.2. The Hall–Kier alpha value is -1.05. The standard InChI is InChI=1S/C15H17N3OS2.ClH/c1-10-2-4-12(5-3-10)21-14-13(8-11(16)9-19)18-6-7-20-15(18)17-14;/h2-7,11,19H,8-9,16H2,1H3;1H. The summed E-state index contributed by atoms with van der Waals surface area (Å²) < 4.78 is 2.07. The maximum absolute atomic E-state index is 9.21. The molecule has 0 spiro atoms. The largest absolute Gasteiger partial charge is 0.395 e. The van der Waals surface area contributed by atoms with Gasteiger partial charge in [-0.05, 0) is 19.1 Å². The van der Waals surface area contributed by atoms with Crippen LogP contribution in [0.1, 0.15) is 11.3 Å². The van der Waals surface area contributed by atoms with Crippen LogP contribution in [-0.4, -0.2) is 27.1 Å². The number of aliphatic hydroxyl groups excluding tert-OH is 1. The molecule has 2 aromatic heterocycles. The summed E-state index contributed by atoms with van der Waals surface area (Å²) in [7, 11) is 0. The van der Waals surface area contributed by atoms with Crippen LogP contribution in [0.3, 0.4) is 0 Å².